The van der Waals surface area contributed by atoms with Gasteiger partial charge in [0.05, 0.1) is 16.5 Å². The van der Waals surface area contributed by atoms with Gasteiger partial charge in [-0.15, -0.1) is 0 Å². The maximum absolute atomic E-state index is 11.0. The largest absolute Gasteiger partial charge is 0.398 e. The molecule has 1 aliphatic carbocycles. The van der Waals surface area contributed by atoms with Gasteiger partial charge in [-0.2, -0.15) is 0 Å². The molecule has 0 amide bonds. The highest BCUT2D eigenvalue weighted by molar-refractivity contribution is 6.57. The van der Waals surface area contributed by atoms with Gasteiger partial charge in [0.15, 0.2) is 0 Å². The third kappa shape index (κ3) is 1.39. The van der Waals surface area contributed by atoms with Crippen molar-refractivity contribution in [1.29, 1.82) is 0 Å². The molecule has 1 aliphatic rings. The van der Waals surface area contributed by atoms with Crippen LogP contribution in [0.5, 0.6) is 0 Å². The Labute approximate surface area is 81.9 Å². The van der Waals surface area contributed by atoms with Crippen LogP contribution in [0.1, 0.15) is 0 Å². The molecule has 0 unspecified atom stereocenters. The van der Waals surface area contributed by atoms with Crippen molar-refractivity contribution < 1.29 is 14.5 Å². The van der Waals surface area contributed by atoms with Crippen LogP contribution < -0.4 is 10.4 Å². The number of carbonyl (C=O) groups is 2. The number of nitrogens with zero attached hydrogens (tertiary/aromatic N) is 3. The third-order valence-corrected chi connectivity index (χ3v) is 1.88. The highest BCUT2D eigenvalue weighted by Gasteiger charge is 2.19. The van der Waals surface area contributed by atoms with Crippen LogP contribution in [-0.4, -0.2) is 26.7 Å². The van der Waals surface area contributed by atoms with Gasteiger partial charge < -0.3 is 10.1 Å². The van der Waals surface area contributed by atoms with E-state index < -0.39 is 22.3 Å². The summed E-state index contributed by atoms with van der Waals surface area (Å²) in [6, 6.07) is 0. The molecule has 0 spiro atoms. The smallest absolute Gasteiger partial charge is 0.358 e. The van der Waals surface area contributed by atoms with E-state index in [4.69, 9.17) is 0 Å². The van der Waals surface area contributed by atoms with E-state index in [2.05, 4.69) is 10.2 Å². The lowest BCUT2D eigenvalue weighted by Crippen LogP contribution is -2.36. The van der Waals surface area contributed by atoms with Gasteiger partial charge in [0.25, 0.3) is 0 Å². The first kappa shape index (κ1) is 9.13. The highest BCUT2D eigenvalue weighted by atomic mass is 16.6. The molecule has 7 heteroatoms. The number of ketones is 2. The summed E-state index contributed by atoms with van der Waals surface area (Å²) in [7, 11) is 0. The van der Waals surface area contributed by atoms with E-state index in [0.29, 0.717) is 0 Å². The number of aromatic nitrogens is 2. The van der Waals surface area contributed by atoms with Crippen LogP contribution in [0, 0.1) is 10.1 Å². The number of fused-ring (bicyclic) bond motifs is 1. The second kappa shape index (κ2) is 3.05. The Kier molecular flexibility index (Phi) is 1.86. The van der Waals surface area contributed by atoms with Gasteiger partial charge in [-0.1, -0.05) is 0 Å². The van der Waals surface area contributed by atoms with Crippen LogP contribution in [0.15, 0.2) is 6.20 Å². The average Bonchev–Trinajstić information content (AvgIpc) is 2.18. The van der Waals surface area contributed by atoms with Crippen molar-refractivity contribution in [2.75, 3.05) is 0 Å². The summed E-state index contributed by atoms with van der Waals surface area (Å²) in [5.74, 6) is -2.03. The molecule has 7 nitrogen and oxygen atoms in total. The predicted molar refractivity (Wildman–Crippen MR) is 46.9 cm³/mol. The molecule has 0 N–H and O–H groups in total. The Morgan fingerprint density at radius 1 is 1.20 bits per heavy atom. The summed E-state index contributed by atoms with van der Waals surface area (Å²) in [5.41, 5.74) is 0. The molecule has 0 aliphatic heterocycles. The topological polar surface area (TPSA) is 103 Å². The number of Topliss-reactive ketones (excluding diaryl/α,β-unsaturated/α-hetero) is 2. The van der Waals surface area contributed by atoms with Crippen molar-refractivity contribution in [2.45, 2.75) is 0 Å². The van der Waals surface area contributed by atoms with Crippen molar-refractivity contribution in [3.8, 4) is 0 Å². The summed E-state index contributed by atoms with van der Waals surface area (Å²) in [4.78, 5) is 31.8. The average molecular weight is 205 g/mol. The standard InChI is InChI=1S/C8H3N3O4/c12-6-1-4-3-9-10-8(11(14)15)5(4)2-7(6)13/h1-3H. The Morgan fingerprint density at radius 3 is 2.53 bits per heavy atom. The molecule has 15 heavy (non-hydrogen) atoms. The minimum Gasteiger partial charge on any atom is -0.358 e. The van der Waals surface area contributed by atoms with Crippen molar-refractivity contribution in [1.82, 2.24) is 10.2 Å². The van der Waals surface area contributed by atoms with Gasteiger partial charge in [-0.3, -0.25) is 9.59 Å². The number of carbonyl (C=O) groups excluding carboxylic acids is 2. The molecule has 1 heterocycles. The Hall–Kier alpha value is -2.44. The molecule has 0 saturated carbocycles. The first-order valence-corrected chi connectivity index (χ1v) is 3.87. The van der Waals surface area contributed by atoms with Gasteiger partial charge in [0.1, 0.15) is 0 Å². The maximum Gasteiger partial charge on any atom is 0.398 e. The molecule has 0 radical (unpaired) electrons. The van der Waals surface area contributed by atoms with Crippen molar-refractivity contribution in [3.63, 3.8) is 0 Å². The molecule has 1 aromatic rings. The SMILES string of the molecule is O=C1C=c2cnnc([N+](=O)[O-])c2=CC1=O. The van der Waals surface area contributed by atoms with Crippen LogP contribution in [0.2, 0.25) is 0 Å². The van der Waals surface area contributed by atoms with E-state index in [1.807, 2.05) is 0 Å². The quantitative estimate of drug-likeness (QED) is 0.301. The van der Waals surface area contributed by atoms with Crippen LogP contribution >= 0.6 is 0 Å². The van der Waals surface area contributed by atoms with E-state index in [9.17, 15) is 19.7 Å². The van der Waals surface area contributed by atoms with Gasteiger partial charge in [0.2, 0.25) is 11.6 Å². The molecule has 0 bridgehead atoms. The summed E-state index contributed by atoms with van der Waals surface area (Å²) in [5, 5.41) is 17.5. The molecular weight excluding hydrogens is 202 g/mol. The van der Waals surface area contributed by atoms with Gasteiger partial charge in [-0.25, -0.2) is 0 Å². The first-order chi connectivity index (χ1) is 7.09. The minimum atomic E-state index is -0.793. The summed E-state index contributed by atoms with van der Waals surface area (Å²) >= 11 is 0. The number of hydrogen-bond donors (Lipinski definition) is 0. The Morgan fingerprint density at radius 2 is 1.87 bits per heavy atom. The van der Waals surface area contributed by atoms with Crippen LogP contribution in [0.4, 0.5) is 5.82 Å². The third-order valence-electron chi connectivity index (χ3n) is 1.88. The minimum absolute atomic E-state index is 0.0274. The number of nitro groups is 1. The maximum atomic E-state index is 11.0. The zero-order chi connectivity index (χ0) is 11.0. The van der Waals surface area contributed by atoms with Gasteiger partial charge in [0, 0.05) is 11.3 Å². The summed E-state index contributed by atoms with van der Waals surface area (Å²) < 4.78 is 0. The lowest BCUT2D eigenvalue weighted by atomic mass is 10.1. The second-order valence-electron chi connectivity index (χ2n) is 2.81. The van der Waals surface area contributed by atoms with Crippen molar-refractivity contribution in [2.24, 2.45) is 0 Å². The molecular formula is C8H3N3O4. The summed E-state index contributed by atoms with van der Waals surface area (Å²) in [6.45, 7) is 0. The lowest BCUT2D eigenvalue weighted by Gasteiger charge is -1.97. The van der Waals surface area contributed by atoms with E-state index in [-0.39, 0.29) is 10.4 Å². The van der Waals surface area contributed by atoms with E-state index in [0.717, 1.165) is 12.2 Å². The molecule has 1 aromatic heterocycles. The molecule has 0 atom stereocenters. The van der Waals surface area contributed by atoms with E-state index in [1.54, 1.807) is 0 Å². The summed E-state index contributed by atoms with van der Waals surface area (Å²) in [6.07, 6.45) is 3.12. The van der Waals surface area contributed by atoms with Crippen molar-refractivity contribution >= 4 is 29.5 Å². The normalized spacial score (nSPS) is 13.9. The Bertz CT molecular complexity index is 605. The lowest BCUT2D eigenvalue weighted by molar-refractivity contribution is -0.391. The van der Waals surface area contributed by atoms with Crippen LogP contribution in [0.25, 0.3) is 12.2 Å². The van der Waals surface area contributed by atoms with E-state index >= 15 is 0 Å². The molecule has 0 saturated heterocycles. The fourth-order valence-corrected chi connectivity index (χ4v) is 1.21. The highest BCUT2D eigenvalue weighted by Crippen LogP contribution is 1.95. The molecule has 2 rings (SSSR count). The Balaban J connectivity index is 2.89. The zero-order valence-electron chi connectivity index (χ0n) is 7.21. The van der Waals surface area contributed by atoms with Crippen molar-refractivity contribution in [3.05, 3.63) is 26.7 Å². The van der Waals surface area contributed by atoms with Crippen LogP contribution in [0.3, 0.4) is 0 Å². The predicted octanol–water partition coefficient (Wildman–Crippen LogP) is -1.90. The zero-order valence-corrected chi connectivity index (χ0v) is 7.21. The molecule has 0 aromatic carbocycles. The van der Waals surface area contributed by atoms with Gasteiger partial charge >= 0.3 is 5.82 Å². The van der Waals surface area contributed by atoms with Crippen LogP contribution in [-0.2, 0) is 9.59 Å². The number of hydrogen-bond acceptors (Lipinski definition) is 6. The first-order valence-electron chi connectivity index (χ1n) is 3.87. The fraction of sp³-hybridized carbons (Fsp3) is 0. The molecule has 0 fully saturated rings. The monoisotopic (exact) mass is 205 g/mol. The van der Waals surface area contributed by atoms with E-state index in [1.165, 1.54) is 6.20 Å². The fourth-order valence-electron chi connectivity index (χ4n) is 1.21. The number of rotatable bonds is 1. The second-order valence-corrected chi connectivity index (χ2v) is 2.81. The van der Waals surface area contributed by atoms with Gasteiger partial charge in [-0.05, 0) is 16.1 Å². The molecule has 74 valence electrons.